The molecule has 0 aliphatic carbocycles. The minimum atomic E-state index is -0.687. The number of carbonyl (C=O) groups is 2. The molecule has 0 saturated carbocycles. The molecule has 0 aliphatic heterocycles. The first-order chi connectivity index (χ1) is 10.9. The van der Waals surface area contributed by atoms with Crippen molar-refractivity contribution in [3.8, 4) is 0 Å². The average molecular weight is 432 g/mol. The van der Waals surface area contributed by atoms with Crippen molar-refractivity contribution >= 4 is 34.5 Å². The lowest BCUT2D eigenvalue weighted by Crippen LogP contribution is -2.52. The molecule has 0 fully saturated rings. The molecule has 0 unspecified atom stereocenters. The normalized spacial score (nSPS) is 13.5. The van der Waals surface area contributed by atoms with Gasteiger partial charge in [0.1, 0.15) is 6.04 Å². The number of hydrogen-bond donors (Lipinski definition) is 2. The van der Waals surface area contributed by atoms with Crippen LogP contribution in [0.5, 0.6) is 0 Å². The second-order valence-electron chi connectivity index (χ2n) is 5.62. The van der Waals surface area contributed by atoms with Crippen molar-refractivity contribution in [2.24, 2.45) is 5.92 Å². The number of ether oxygens (including phenoxy) is 1. The van der Waals surface area contributed by atoms with Crippen LogP contribution < -0.4 is 10.6 Å². The monoisotopic (exact) mass is 432 g/mol. The predicted molar refractivity (Wildman–Crippen MR) is 99.1 cm³/mol. The van der Waals surface area contributed by atoms with Gasteiger partial charge in [-0.25, -0.2) is 4.79 Å². The molecule has 1 rings (SSSR count). The van der Waals surface area contributed by atoms with Gasteiger partial charge in [0.15, 0.2) is 0 Å². The van der Waals surface area contributed by atoms with E-state index in [9.17, 15) is 9.59 Å². The topological polar surface area (TPSA) is 67.4 Å². The van der Waals surface area contributed by atoms with Gasteiger partial charge in [-0.05, 0) is 54.1 Å². The van der Waals surface area contributed by atoms with Gasteiger partial charge in [0.2, 0.25) is 5.91 Å². The molecule has 0 spiro atoms. The standard InChI is InChI=1S/C17H25IN2O3/c1-5-23-17(22)14(10-12-8-6-7-9-13(12)18)20-16(21)15(19-4)11(2)3/h6-9,11,14-15,19H,5,10H2,1-4H3,(H,20,21)/t14-,15-/m0/s1. The van der Waals surface area contributed by atoms with Gasteiger partial charge in [-0.2, -0.15) is 0 Å². The predicted octanol–water partition coefficient (Wildman–Crippen LogP) is 2.13. The van der Waals surface area contributed by atoms with Gasteiger partial charge < -0.3 is 15.4 Å². The third-order valence-electron chi connectivity index (χ3n) is 3.53. The van der Waals surface area contributed by atoms with E-state index in [2.05, 4.69) is 33.2 Å². The molecule has 5 nitrogen and oxygen atoms in total. The van der Waals surface area contributed by atoms with E-state index in [0.717, 1.165) is 9.13 Å². The second-order valence-corrected chi connectivity index (χ2v) is 6.78. The zero-order chi connectivity index (χ0) is 17.4. The van der Waals surface area contributed by atoms with Gasteiger partial charge in [0, 0.05) is 9.99 Å². The van der Waals surface area contributed by atoms with Crippen molar-refractivity contribution in [1.82, 2.24) is 10.6 Å². The Labute approximate surface area is 151 Å². The van der Waals surface area contributed by atoms with Crippen LogP contribution in [0.1, 0.15) is 26.3 Å². The Bertz CT molecular complexity index is 534. The fourth-order valence-corrected chi connectivity index (χ4v) is 2.96. The van der Waals surface area contributed by atoms with Crippen LogP contribution in [0.3, 0.4) is 0 Å². The van der Waals surface area contributed by atoms with Crippen LogP contribution in [0.25, 0.3) is 0 Å². The minimum Gasteiger partial charge on any atom is -0.464 e. The van der Waals surface area contributed by atoms with Gasteiger partial charge in [-0.15, -0.1) is 0 Å². The molecule has 1 aromatic carbocycles. The Morgan fingerprint density at radius 3 is 2.43 bits per heavy atom. The molecule has 1 amide bonds. The summed E-state index contributed by atoms with van der Waals surface area (Å²) in [4.78, 5) is 24.6. The Balaban J connectivity index is 2.91. The molecule has 0 radical (unpaired) electrons. The van der Waals surface area contributed by atoms with Crippen molar-refractivity contribution in [2.75, 3.05) is 13.7 Å². The van der Waals surface area contributed by atoms with Crippen molar-refractivity contribution in [2.45, 2.75) is 39.3 Å². The van der Waals surface area contributed by atoms with E-state index < -0.39 is 12.0 Å². The zero-order valence-corrected chi connectivity index (χ0v) is 16.2. The fraction of sp³-hybridized carbons (Fsp3) is 0.529. The van der Waals surface area contributed by atoms with E-state index in [1.807, 2.05) is 38.1 Å². The van der Waals surface area contributed by atoms with E-state index in [4.69, 9.17) is 4.74 Å². The highest BCUT2D eigenvalue weighted by Gasteiger charge is 2.27. The highest BCUT2D eigenvalue weighted by atomic mass is 127. The summed E-state index contributed by atoms with van der Waals surface area (Å²) in [6.07, 6.45) is 0.415. The molecule has 2 atom stereocenters. The Morgan fingerprint density at radius 1 is 1.26 bits per heavy atom. The number of amides is 1. The number of nitrogens with one attached hydrogen (secondary N) is 2. The van der Waals surface area contributed by atoms with Crippen LogP contribution in [0, 0.1) is 9.49 Å². The van der Waals surface area contributed by atoms with Crippen LogP contribution in [0.15, 0.2) is 24.3 Å². The van der Waals surface area contributed by atoms with Crippen LogP contribution in [0.2, 0.25) is 0 Å². The number of rotatable bonds is 8. The molecule has 0 aliphatic rings. The first kappa shape index (κ1) is 19.9. The van der Waals surface area contributed by atoms with Gasteiger partial charge in [-0.1, -0.05) is 32.0 Å². The first-order valence-corrected chi connectivity index (χ1v) is 8.86. The van der Waals surface area contributed by atoms with E-state index >= 15 is 0 Å². The fourth-order valence-electron chi connectivity index (χ4n) is 2.35. The largest absolute Gasteiger partial charge is 0.464 e. The van der Waals surface area contributed by atoms with Gasteiger partial charge in [0.05, 0.1) is 12.6 Å². The maximum atomic E-state index is 12.4. The van der Waals surface area contributed by atoms with Crippen LogP contribution in [0.4, 0.5) is 0 Å². The number of hydrogen-bond acceptors (Lipinski definition) is 4. The smallest absolute Gasteiger partial charge is 0.328 e. The van der Waals surface area contributed by atoms with Gasteiger partial charge in [-0.3, -0.25) is 4.79 Å². The maximum Gasteiger partial charge on any atom is 0.328 e. The number of likely N-dealkylation sites (N-methyl/N-ethyl adjacent to an activating group) is 1. The van der Waals surface area contributed by atoms with Crippen molar-refractivity contribution in [1.29, 1.82) is 0 Å². The lowest BCUT2D eigenvalue weighted by molar-refractivity contribution is -0.147. The van der Waals surface area contributed by atoms with Crippen LogP contribution in [-0.2, 0) is 20.7 Å². The van der Waals surface area contributed by atoms with E-state index in [-0.39, 0.29) is 24.5 Å². The quantitative estimate of drug-likeness (QED) is 0.488. The SMILES string of the molecule is CCOC(=O)[C@H](Cc1ccccc1I)NC(=O)[C@@H](NC)C(C)C. The molecule has 1 aromatic rings. The summed E-state index contributed by atoms with van der Waals surface area (Å²) >= 11 is 2.23. The zero-order valence-electron chi connectivity index (χ0n) is 14.1. The molecular formula is C17H25IN2O3. The summed E-state index contributed by atoms with van der Waals surface area (Å²) in [6, 6.07) is 6.77. The lowest BCUT2D eigenvalue weighted by atomic mass is 10.0. The Kier molecular flexibility index (Phi) is 8.54. The van der Waals surface area contributed by atoms with Crippen molar-refractivity contribution in [3.63, 3.8) is 0 Å². The molecule has 23 heavy (non-hydrogen) atoms. The van der Waals surface area contributed by atoms with E-state index in [0.29, 0.717) is 6.42 Å². The Hall–Kier alpha value is -1.15. The molecule has 2 N–H and O–H groups in total. The van der Waals surface area contributed by atoms with Crippen LogP contribution in [-0.4, -0.2) is 37.6 Å². The number of halogens is 1. The van der Waals surface area contributed by atoms with E-state index in [1.165, 1.54) is 0 Å². The minimum absolute atomic E-state index is 0.125. The molecule has 0 saturated heterocycles. The molecule has 128 valence electrons. The van der Waals surface area contributed by atoms with Gasteiger partial charge in [0.25, 0.3) is 0 Å². The summed E-state index contributed by atoms with van der Waals surface area (Å²) in [5, 5.41) is 5.82. The number of benzene rings is 1. The molecule has 0 heterocycles. The molecule has 0 aromatic heterocycles. The van der Waals surface area contributed by atoms with Gasteiger partial charge >= 0.3 is 5.97 Å². The van der Waals surface area contributed by atoms with E-state index in [1.54, 1.807) is 14.0 Å². The third kappa shape index (κ3) is 6.10. The highest BCUT2D eigenvalue weighted by Crippen LogP contribution is 2.14. The number of carbonyl (C=O) groups excluding carboxylic acids is 2. The first-order valence-electron chi connectivity index (χ1n) is 7.78. The highest BCUT2D eigenvalue weighted by molar-refractivity contribution is 14.1. The second kappa shape index (κ2) is 9.87. The summed E-state index contributed by atoms with van der Waals surface area (Å²) in [6.45, 7) is 5.96. The van der Waals surface area contributed by atoms with Crippen molar-refractivity contribution in [3.05, 3.63) is 33.4 Å². The van der Waals surface area contributed by atoms with Crippen LogP contribution >= 0.6 is 22.6 Å². The molecular weight excluding hydrogens is 407 g/mol. The summed E-state index contributed by atoms with van der Waals surface area (Å²) in [5.74, 6) is -0.467. The maximum absolute atomic E-state index is 12.4. The lowest BCUT2D eigenvalue weighted by Gasteiger charge is -2.24. The average Bonchev–Trinajstić information content (AvgIpc) is 2.49. The Morgan fingerprint density at radius 2 is 1.91 bits per heavy atom. The summed E-state index contributed by atoms with van der Waals surface area (Å²) in [7, 11) is 1.74. The summed E-state index contributed by atoms with van der Waals surface area (Å²) in [5.41, 5.74) is 1.01. The molecule has 6 heteroatoms. The third-order valence-corrected chi connectivity index (χ3v) is 4.58. The molecule has 0 bridgehead atoms. The van der Waals surface area contributed by atoms with Crippen molar-refractivity contribution < 1.29 is 14.3 Å². The summed E-state index contributed by atoms with van der Waals surface area (Å²) < 4.78 is 6.17. The number of esters is 1.